The molecule has 1 rings (SSSR count). The molecule has 4 heteroatoms. The Morgan fingerprint density at radius 3 is 2.86 bits per heavy atom. The molecule has 0 bridgehead atoms. The maximum Gasteiger partial charge on any atom is 0.0833 e. The molecule has 14 heavy (non-hydrogen) atoms. The lowest BCUT2D eigenvalue weighted by Crippen LogP contribution is -2.45. The summed E-state index contributed by atoms with van der Waals surface area (Å²) in [5, 5.41) is 14.1. The van der Waals surface area contributed by atoms with E-state index in [1.165, 1.54) is 12.2 Å². The van der Waals surface area contributed by atoms with Gasteiger partial charge in [-0.2, -0.15) is 23.5 Å². The second kappa shape index (κ2) is 5.64. The monoisotopic (exact) mass is 235 g/mol. The van der Waals surface area contributed by atoms with Gasteiger partial charge in [0.25, 0.3) is 0 Å². The Morgan fingerprint density at radius 1 is 1.64 bits per heavy atom. The fourth-order valence-corrected chi connectivity index (χ4v) is 3.66. The smallest absolute Gasteiger partial charge is 0.0833 e. The lowest BCUT2D eigenvalue weighted by Gasteiger charge is -2.26. The third-order valence-electron chi connectivity index (χ3n) is 2.58. The van der Waals surface area contributed by atoms with Gasteiger partial charge in [-0.15, -0.1) is 0 Å². The van der Waals surface area contributed by atoms with E-state index in [9.17, 15) is 5.11 Å². The topological polar surface area (TPSA) is 32.3 Å². The maximum atomic E-state index is 9.97. The van der Waals surface area contributed by atoms with Gasteiger partial charge >= 0.3 is 0 Å². The van der Waals surface area contributed by atoms with Crippen LogP contribution in [0.4, 0.5) is 0 Å². The fourth-order valence-electron chi connectivity index (χ4n) is 1.71. The molecule has 0 amide bonds. The Kier molecular flexibility index (Phi) is 5.11. The Labute approximate surface area is 95.6 Å². The van der Waals surface area contributed by atoms with E-state index in [-0.39, 0.29) is 0 Å². The van der Waals surface area contributed by atoms with E-state index >= 15 is 0 Å². The second-order valence-electron chi connectivity index (χ2n) is 4.28. The first-order chi connectivity index (χ1) is 6.55. The molecule has 0 aromatic heterocycles. The summed E-state index contributed by atoms with van der Waals surface area (Å²) >= 11 is 3.72. The summed E-state index contributed by atoms with van der Waals surface area (Å²) in [4.78, 5) is 0. The number of thioether (sulfide) groups is 2. The van der Waals surface area contributed by atoms with Crippen molar-refractivity contribution >= 4 is 23.5 Å². The summed E-state index contributed by atoms with van der Waals surface area (Å²) in [6, 6.07) is 0.591. The van der Waals surface area contributed by atoms with Crippen molar-refractivity contribution in [3.63, 3.8) is 0 Å². The van der Waals surface area contributed by atoms with Gasteiger partial charge in [0.15, 0.2) is 0 Å². The van der Waals surface area contributed by atoms with Crippen LogP contribution in [0.3, 0.4) is 0 Å². The lowest BCUT2D eigenvalue weighted by atomic mass is 10.1. The molecule has 0 aromatic carbocycles. The van der Waals surface area contributed by atoms with Crippen molar-refractivity contribution in [1.29, 1.82) is 0 Å². The van der Waals surface area contributed by atoms with Gasteiger partial charge in [0.1, 0.15) is 0 Å². The van der Waals surface area contributed by atoms with Crippen LogP contribution in [0.5, 0.6) is 0 Å². The first-order valence-electron chi connectivity index (χ1n) is 5.11. The zero-order valence-corrected chi connectivity index (χ0v) is 10.9. The van der Waals surface area contributed by atoms with E-state index in [0.717, 1.165) is 5.75 Å². The molecule has 1 aliphatic heterocycles. The van der Waals surface area contributed by atoms with E-state index in [4.69, 9.17) is 0 Å². The van der Waals surface area contributed by atoms with E-state index in [1.807, 2.05) is 24.9 Å². The maximum absolute atomic E-state index is 9.97. The zero-order chi connectivity index (χ0) is 10.6. The molecule has 0 aliphatic carbocycles. The zero-order valence-electron chi connectivity index (χ0n) is 9.25. The normalized spacial score (nSPS) is 31.7. The molecule has 1 fully saturated rings. The highest BCUT2D eigenvalue weighted by Gasteiger charge is 2.27. The number of hydrogen-bond donors (Lipinski definition) is 2. The minimum absolute atomic E-state index is 0.563. The minimum Gasteiger partial charge on any atom is -0.388 e. The Bertz CT molecular complexity index is 176. The third kappa shape index (κ3) is 4.01. The molecule has 1 saturated heterocycles. The molecular formula is C10H21NOS2. The molecule has 0 aromatic rings. The van der Waals surface area contributed by atoms with E-state index in [1.54, 1.807) is 11.8 Å². The molecule has 2 nitrogen and oxygen atoms in total. The Hall–Kier alpha value is 0.620. The summed E-state index contributed by atoms with van der Waals surface area (Å²) in [5.74, 6) is 2.05. The van der Waals surface area contributed by atoms with Crippen LogP contribution in [0.15, 0.2) is 0 Å². The molecule has 0 saturated carbocycles. The van der Waals surface area contributed by atoms with Crippen molar-refractivity contribution in [1.82, 2.24) is 5.32 Å². The van der Waals surface area contributed by atoms with Crippen molar-refractivity contribution < 1.29 is 5.11 Å². The van der Waals surface area contributed by atoms with Crippen molar-refractivity contribution in [3.05, 3.63) is 0 Å². The van der Waals surface area contributed by atoms with E-state index < -0.39 is 5.60 Å². The van der Waals surface area contributed by atoms with Gasteiger partial charge in [-0.05, 0) is 25.4 Å². The third-order valence-corrected chi connectivity index (χ3v) is 4.81. The quantitative estimate of drug-likeness (QED) is 0.758. The summed E-state index contributed by atoms with van der Waals surface area (Å²) in [6.45, 7) is 4.88. The van der Waals surface area contributed by atoms with Gasteiger partial charge < -0.3 is 10.4 Å². The summed E-state index contributed by atoms with van der Waals surface area (Å²) in [7, 11) is 0. The summed E-state index contributed by atoms with van der Waals surface area (Å²) < 4.78 is 0. The number of rotatable bonds is 5. The molecule has 1 aliphatic rings. The summed E-state index contributed by atoms with van der Waals surface area (Å²) in [5.41, 5.74) is -0.563. The number of nitrogens with one attached hydrogen (secondary N) is 1. The highest BCUT2D eigenvalue weighted by molar-refractivity contribution is 8.00. The SMILES string of the molecule is CSCC(C)(O)CNC1CCSC1C. The first-order valence-corrected chi connectivity index (χ1v) is 7.56. The van der Waals surface area contributed by atoms with Gasteiger partial charge in [0.2, 0.25) is 0 Å². The predicted octanol–water partition coefficient (Wildman–Crippen LogP) is 1.58. The lowest BCUT2D eigenvalue weighted by molar-refractivity contribution is 0.0816. The molecule has 84 valence electrons. The molecule has 0 radical (unpaired) electrons. The molecular weight excluding hydrogens is 214 g/mol. The molecule has 0 spiro atoms. The van der Waals surface area contributed by atoms with Crippen LogP contribution in [0.25, 0.3) is 0 Å². The highest BCUT2D eigenvalue weighted by Crippen LogP contribution is 2.26. The van der Waals surface area contributed by atoms with Gasteiger partial charge in [-0.1, -0.05) is 6.92 Å². The Morgan fingerprint density at radius 2 is 2.36 bits per heavy atom. The van der Waals surface area contributed by atoms with Crippen LogP contribution in [-0.4, -0.2) is 46.3 Å². The van der Waals surface area contributed by atoms with Gasteiger partial charge in [0, 0.05) is 23.6 Å². The largest absolute Gasteiger partial charge is 0.388 e. The van der Waals surface area contributed by atoms with Gasteiger partial charge in [0.05, 0.1) is 5.60 Å². The highest BCUT2D eigenvalue weighted by atomic mass is 32.2. The predicted molar refractivity (Wildman–Crippen MR) is 67.3 cm³/mol. The second-order valence-corrected chi connectivity index (χ2v) is 6.63. The van der Waals surface area contributed by atoms with Crippen molar-refractivity contribution in [2.75, 3.05) is 24.3 Å². The average Bonchev–Trinajstić information content (AvgIpc) is 2.48. The van der Waals surface area contributed by atoms with Crippen LogP contribution in [-0.2, 0) is 0 Å². The number of hydrogen-bond acceptors (Lipinski definition) is 4. The molecule has 1 heterocycles. The Balaban J connectivity index is 2.25. The first kappa shape index (κ1) is 12.7. The van der Waals surface area contributed by atoms with Crippen molar-refractivity contribution in [2.45, 2.75) is 37.2 Å². The molecule has 3 unspecified atom stereocenters. The molecule has 3 atom stereocenters. The van der Waals surface area contributed by atoms with Gasteiger partial charge in [-0.3, -0.25) is 0 Å². The standard InChI is InChI=1S/C10H21NOS2/c1-8-9(4-5-14-8)11-6-10(2,12)7-13-3/h8-9,11-12H,4-7H2,1-3H3. The van der Waals surface area contributed by atoms with Crippen LogP contribution in [0.1, 0.15) is 20.3 Å². The van der Waals surface area contributed by atoms with E-state index in [2.05, 4.69) is 12.2 Å². The average molecular weight is 235 g/mol. The summed E-state index contributed by atoms with van der Waals surface area (Å²) in [6.07, 6.45) is 3.27. The van der Waals surface area contributed by atoms with Crippen LogP contribution < -0.4 is 5.32 Å². The number of aliphatic hydroxyl groups is 1. The van der Waals surface area contributed by atoms with Crippen molar-refractivity contribution in [3.8, 4) is 0 Å². The molecule has 2 N–H and O–H groups in total. The van der Waals surface area contributed by atoms with E-state index in [0.29, 0.717) is 17.8 Å². The van der Waals surface area contributed by atoms with Crippen molar-refractivity contribution in [2.24, 2.45) is 0 Å². The minimum atomic E-state index is -0.563. The van der Waals surface area contributed by atoms with Crippen LogP contribution >= 0.6 is 23.5 Å². The van der Waals surface area contributed by atoms with Gasteiger partial charge in [-0.25, -0.2) is 0 Å². The fraction of sp³-hybridized carbons (Fsp3) is 1.00. The van der Waals surface area contributed by atoms with Crippen LogP contribution in [0.2, 0.25) is 0 Å². The van der Waals surface area contributed by atoms with Crippen LogP contribution in [0, 0.1) is 0 Å².